The first-order valence-electron chi connectivity index (χ1n) is 4.65. The molecule has 1 aromatic heterocycles. The minimum atomic E-state index is 0.825. The summed E-state index contributed by atoms with van der Waals surface area (Å²) in [4.78, 5) is 10.8. The quantitative estimate of drug-likeness (QED) is 0.588. The lowest BCUT2D eigenvalue weighted by Gasteiger charge is -2.27. The van der Waals surface area contributed by atoms with Crippen LogP contribution in [-0.2, 0) is 0 Å². The van der Waals surface area contributed by atoms with Gasteiger partial charge in [0, 0.05) is 29.1 Å². The van der Waals surface area contributed by atoms with Crippen molar-refractivity contribution in [1.82, 2.24) is 9.97 Å². The van der Waals surface area contributed by atoms with Crippen LogP contribution in [-0.4, -0.2) is 23.1 Å². The predicted molar refractivity (Wildman–Crippen MR) is 65.3 cm³/mol. The Balaban J connectivity index is 2.14. The SMILES string of the molecule is C=C1CCCN(c2ncc(I)cn2)C1. The van der Waals surface area contributed by atoms with E-state index in [1.165, 1.54) is 5.57 Å². The van der Waals surface area contributed by atoms with Crippen molar-refractivity contribution in [2.24, 2.45) is 0 Å². The van der Waals surface area contributed by atoms with Crippen molar-refractivity contribution >= 4 is 28.5 Å². The topological polar surface area (TPSA) is 29.0 Å². The molecule has 2 heterocycles. The summed E-state index contributed by atoms with van der Waals surface area (Å²) in [5.74, 6) is 0.825. The monoisotopic (exact) mass is 301 g/mol. The molecule has 3 nitrogen and oxygen atoms in total. The highest BCUT2D eigenvalue weighted by Crippen LogP contribution is 2.18. The van der Waals surface area contributed by atoms with E-state index in [9.17, 15) is 0 Å². The van der Waals surface area contributed by atoms with Gasteiger partial charge in [-0.05, 0) is 35.4 Å². The first kappa shape index (κ1) is 9.89. The number of piperidine rings is 1. The van der Waals surface area contributed by atoms with Crippen molar-refractivity contribution in [3.05, 3.63) is 28.1 Å². The third kappa shape index (κ3) is 2.23. The average Bonchev–Trinajstić information content (AvgIpc) is 2.19. The zero-order valence-corrected chi connectivity index (χ0v) is 10.1. The van der Waals surface area contributed by atoms with Crippen LogP contribution in [0.1, 0.15) is 12.8 Å². The normalized spacial score (nSPS) is 17.2. The molecule has 0 N–H and O–H groups in total. The van der Waals surface area contributed by atoms with E-state index in [4.69, 9.17) is 0 Å². The summed E-state index contributed by atoms with van der Waals surface area (Å²) in [5, 5.41) is 0. The summed E-state index contributed by atoms with van der Waals surface area (Å²) in [7, 11) is 0. The molecule has 0 amide bonds. The summed E-state index contributed by atoms with van der Waals surface area (Å²) in [6, 6.07) is 0. The van der Waals surface area contributed by atoms with Gasteiger partial charge in [0.25, 0.3) is 0 Å². The minimum absolute atomic E-state index is 0.825. The van der Waals surface area contributed by atoms with Gasteiger partial charge < -0.3 is 4.90 Å². The molecule has 1 saturated heterocycles. The summed E-state index contributed by atoms with van der Waals surface area (Å²) < 4.78 is 1.07. The lowest BCUT2D eigenvalue weighted by molar-refractivity contribution is 0.663. The molecule has 1 aliphatic heterocycles. The van der Waals surface area contributed by atoms with Crippen LogP contribution < -0.4 is 4.90 Å². The Morgan fingerprint density at radius 2 is 2.07 bits per heavy atom. The number of halogens is 1. The third-order valence-electron chi connectivity index (χ3n) is 2.26. The van der Waals surface area contributed by atoms with Gasteiger partial charge in [0.1, 0.15) is 0 Å². The van der Waals surface area contributed by atoms with Gasteiger partial charge in [-0.3, -0.25) is 0 Å². The Labute approximate surface area is 97.4 Å². The molecule has 0 radical (unpaired) electrons. The van der Waals surface area contributed by atoms with Crippen LogP contribution >= 0.6 is 22.6 Å². The molecule has 1 fully saturated rings. The van der Waals surface area contributed by atoms with Crippen LogP contribution in [0, 0.1) is 3.57 Å². The van der Waals surface area contributed by atoms with Gasteiger partial charge in [-0.2, -0.15) is 0 Å². The van der Waals surface area contributed by atoms with Crippen molar-refractivity contribution in [3.8, 4) is 0 Å². The Morgan fingerprint density at radius 1 is 1.36 bits per heavy atom. The number of aromatic nitrogens is 2. The molecule has 0 bridgehead atoms. The third-order valence-corrected chi connectivity index (χ3v) is 2.82. The number of hydrogen-bond donors (Lipinski definition) is 0. The van der Waals surface area contributed by atoms with Crippen LogP contribution in [0.4, 0.5) is 5.95 Å². The molecular weight excluding hydrogens is 289 g/mol. The highest BCUT2D eigenvalue weighted by molar-refractivity contribution is 14.1. The Kier molecular flexibility index (Phi) is 3.00. The first-order chi connectivity index (χ1) is 6.75. The fourth-order valence-corrected chi connectivity index (χ4v) is 1.87. The standard InChI is InChI=1S/C10H12IN3/c1-8-3-2-4-14(7-8)10-12-5-9(11)6-13-10/h5-6H,1-4,7H2. The first-order valence-corrected chi connectivity index (χ1v) is 5.73. The number of nitrogens with zero attached hydrogens (tertiary/aromatic N) is 3. The number of rotatable bonds is 1. The second kappa shape index (κ2) is 4.25. The van der Waals surface area contributed by atoms with Crippen LogP contribution in [0.15, 0.2) is 24.5 Å². The maximum absolute atomic E-state index is 4.30. The van der Waals surface area contributed by atoms with Gasteiger partial charge in [-0.1, -0.05) is 12.2 Å². The molecule has 74 valence electrons. The van der Waals surface area contributed by atoms with Gasteiger partial charge in [-0.25, -0.2) is 9.97 Å². The van der Waals surface area contributed by atoms with E-state index in [1.54, 1.807) is 0 Å². The van der Waals surface area contributed by atoms with Crippen molar-refractivity contribution in [2.75, 3.05) is 18.0 Å². The molecular formula is C10H12IN3. The Hall–Kier alpha value is -0.650. The molecule has 2 rings (SSSR count). The number of anilines is 1. The second-order valence-corrected chi connectivity index (χ2v) is 4.72. The highest BCUT2D eigenvalue weighted by atomic mass is 127. The summed E-state index contributed by atoms with van der Waals surface area (Å²) in [5.41, 5.74) is 1.28. The molecule has 4 heteroatoms. The van der Waals surface area contributed by atoms with Gasteiger partial charge >= 0.3 is 0 Å². The molecule has 1 aromatic rings. The van der Waals surface area contributed by atoms with Crippen molar-refractivity contribution < 1.29 is 0 Å². The summed E-state index contributed by atoms with van der Waals surface area (Å²) in [6.45, 7) is 5.95. The maximum Gasteiger partial charge on any atom is 0.225 e. The van der Waals surface area contributed by atoms with E-state index < -0.39 is 0 Å². The molecule has 1 aliphatic rings. The summed E-state index contributed by atoms with van der Waals surface area (Å²) >= 11 is 2.21. The maximum atomic E-state index is 4.30. The van der Waals surface area contributed by atoms with E-state index in [0.29, 0.717) is 0 Å². The van der Waals surface area contributed by atoms with Gasteiger partial charge in [0.2, 0.25) is 5.95 Å². The minimum Gasteiger partial charge on any atom is -0.337 e. The van der Waals surface area contributed by atoms with E-state index in [-0.39, 0.29) is 0 Å². The van der Waals surface area contributed by atoms with Crippen LogP contribution in [0.2, 0.25) is 0 Å². The second-order valence-electron chi connectivity index (χ2n) is 3.48. The number of hydrogen-bond acceptors (Lipinski definition) is 3. The summed E-state index contributed by atoms with van der Waals surface area (Å²) in [6.07, 6.45) is 6.00. The van der Waals surface area contributed by atoms with Gasteiger partial charge in [0.05, 0.1) is 0 Å². The van der Waals surface area contributed by atoms with Crippen LogP contribution in [0.3, 0.4) is 0 Å². The molecule has 0 spiro atoms. The van der Waals surface area contributed by atoms with E-state index in [0.717, 1.165) is 35.4 Å². The molecule has 0 saturated carbocycles. The van der Waals surface area contributed by atoms with E-state index in [2.05, 4.69) is 44.0 Å². The van der Waals surface area contributed by atoms with E-state index >= 15 is 0 Å². The highest BCUT2D eigenvalue weighted by Gasteiger charge is 2.14. The lowest BCUT2D eigenvalue weighted by atomic mass is 10.1. The Bertz CT molecular complexity index is 334. The van der Waals surface area contributed by atoms with Crippen molar-refractivity contribution in [1.29, 1.82) is 0 Å². The smallest absolute Gasteiger partial charge is 0.225 e. The molecule has 0 atom stereocenters. The van der Waals surface area contributed by atoms with Crippen molar-refractivity contribution in [3.63, 3.8) is 0 Å². The fourth-order valence-electron chi connectivity index (χ4n) is 1.59. The lowest BCUT2D eigenvalue weighted by Crippen LogP contribution is -2.32. The zero-order valence-electron chi connectivity index (χ0n) is 7.91. The zero-order chi connectivity index (χ0) is 9.97. The van der Waals surface area contributed by atoms with E-state index in [1.807, 2.05) is 12.4 Å². The van der Waals surface area contributed by atoms with Crippen molar-refractivity contribution in [2.45, 2.75) is 12.8 Å². The molecule has 0 unspecified atom stereocenters. The molecule has 14 heavy (non-hydrogen) atoms. The van der Waals surface area contributed by atoms with Gasteiger partial charge in [-0.15, -0.1) is 0 Å². The van der Waals surface area contributed by atoms with Crippen LogP contribution in [0.5, 0.6) is 0 Å². The fraction of sp³-hybridized carbons (Fsp3) is 0.400. The average molecular weight is 301 g/mol. The van der Waals surface area contributed by atoms with Gasteiger partial charge in [0.15, 0.2) is 0 Å². The Morgan fingerprint density at radius 3 is 2.71 bits per heavy atom. The largest absolute Gasteiger partial charge is 0.337 e. The molecule has 0 aromatic carbocycles. The predicted octanol–water partition coefficient (Wildman–Crippen LogP) is 2.24. The van der Waals surface area contributed by atoms with Crippen LogP contribution in [0.25, 0.3) is 0 Å². The molecule has 0 aliphatic carbocycles.